The zero-order valence-electron chi connectivity index (χ0n) is 13.9. The second-order valence-electron chi connectivity index (χ2n) is 6.61. The fourth-order valence-corrected chi connectivity index (χ4v) is 2.41. The van der Waals surface area contributed by atoms with Gasteiger partial charge in [-0.1, -0.05) is 25.4 Å². The summed E-state index contributed by atoms with van der Waals surface area (Å²) >= 11 is 5.97. The number of hydrogen-bond donors (Lipinski definition) is 2. The molecule has 0 aliphatic heterocycles. The predicted molar refractivity (Wildman–Crippen MR) is 89.4 cm³/mol. The van der Waals surface area contributed by atoms with Crippen LogP contribution in [0.1, 0.15) is 39.7 Å². The van der Waals surface area contributed by atoms with Crippen LogP contribution in [0.4, 0.5) is 0 Å². The van der Waals surface area contributed by atoms with Crippen molar-refractivity contribution in [1.29, 1.82) is 0 Å². The molecule has 0 aliphatic rings. The Bertz CT molecular complexity index is 515. The van der Waals surface area contributed by atoms with Gasteiger partial charge >= 0.3 is 0 Å². The third-order valence-electron chi connectivity index (χ3n) is 3.40. The molecule has 0 saturated heterocycles. The SMILES string of the molecule is Cc1cc(OC(C)C(=O)NCC(C)(C)CC(C)O)ccc1Cl. The molecule has 1 amide bonds. The number of nitrogens with one attached hydrogen (secondary N) is 1. The van der Waals surface area contributed by atoms with Crippen molar-refractivity contribution in [2.24, 2.45) is 5.41 Å². The lowest BCUT2D eigenvalue weighted by atomic mass is 9.87. The van der Waals surface area contributed by atoms with Crippen molar-refractivity contribution in [3.05, 3.63) is 28.8 Å². The van der Waals surface area contributed by atoms with Gasteiger partial charge in [-0.05, 0) is 56.4 Å². The highest BCUT2D eigenvalue weighted by Crippen LogP contribution is 2.23. The minimum absolute atomic E-state index is 0.166. The molecule has 0 radical (unpaired) electrons. The number of aliphatic hydroxyl groups excluding tert-OH is 1. The molecule has 5 heteroatoms. The van der Waals surface area contributed by atoms with Crippen LogP contribution in [0, 0.1) is 12.3 Å². The number of carbonyl (C=O) groups excluding carboxylic acids is 1. The van der Waals surface area contributed by atoms with Crippen LogP contribution in [0.2, 0.25) is 5.02 Å². The van der Waals surface area contributed by atoms with Crippen LogP contribution >= 0.6 is 11.6 Å². The van der Waals surface area contributed by atoms with E-state index in [1.807, 2.05) is 26.8 Å². The summed E-state index contributed by atoms with van der Waals surface area (Å²) in [4.78, 5) is 12.1. The third kappa shape index (κ3) is 6.24. The van der Waals surface area contributed by atoms with E-state index in [1.165, 1.54) is 0 Å². The summed E-state index contributed by atoms with van der Waals surface area (Å²) in [6, 6.07) is 5.31. The van der Waals surface area contributed by atoms with Crippen LogP contribution in [0.3, 0.4) is 0 Å². The highest BCUT2D eigenvalue weighted by molar-refractivity contribution is 6.31. The van der Waals surface area contributed by atoms with Gasteiger partial charge in [-0.2, -0.15) is 0 Å². The number of carbonyl (C=O) groups is 1. The summed E-state index contributed by atoms with van der Waals surface area (Å²) in [7, 11) is 0. The number of benzene rings is 1. The van der Waals surface area contributed by atoms with E-state index in [2.05, 4.69) is 5.32 Å². The van der Waals surface area contributed by atoms with Gasteiger partial charge in [0, 0.05) is 11.6 Å². The summed E-state index contributed by atoms with van der Waals surface area (Å²) in [6.45, 7) is 9.85. The van der Waals surface area contributed by atoms with Gasteiger partial charge in [0.15, 0.2) is 6.10 Å². The molecule has 0 aromatic heterocycles. The smallest absolute Gasteiger partial charge is 0.260 e. The van der Waals surface area contributed by atoms with E-state index >= 15 is 0 Å². The van der Waals surface area contributed by atoms with Gasteiger partial charge in [-0.3, -0.25) is 4.79 Å². The normalized spacial score (nSPS) is 14.3. The number of rotatable bonds is 7. The Balaban J connectivity index is 2.53. The fourth-order valence-electron chi connectivity index (χ4n) is 2.29. The van der Waals surface area contributed by atoms with E-state index in [4.69, 9.17) is 16.3 Å². The molecule has 2 unspecified atom stereocenters. The first-order valence-electron chi connectivity index (χ1n) is 7.49. The molecule has 0 aliphatic carbocycles. The number of ether oxygens (including phenoxy) is 1. The molecule has 2 atom stereocenters. The molecule has 2 N–H and O–H groups in total. The van der Waals surface area contributed by atoms with Crippen LogP contribution < -0.4 is 10.1 Å². The number of amides is 1. The summed E-state index contributed by atoms with van der Waals surface area (Å²) in [5, 5.41) is 13.0. The molecule has 4 nitrogen and oxygen atoms in total. The van der Waals surface area contributed by atoms with Crippen molar-refractivity contribution in [2.45, 2.75) is 53.2 Å². The zero-order valence-corrected chi connectivity index (χ0v) is 14.7. The van der Waals surface area contributed by atoms with Crippen molar-refractivity contribution in [1.82, 2.24) is 5.32 Å². The summed E-state index contributed by atoms with van der Waals surface area (Å²) in [5.74, 6) is 0.444. The highest BCUT2D eigenvalue weighted by atomic mass is 35.5. The molecule has 1 aromatic carbocycles. The van der Waals surface area contributed by atoms with Crippen LogP contribution in [0.15, 0.2) is 18.2 Å². The summed E-state index contributed by atoms with van der Waals surface area (Å²) in [5.41, 5.74) is 0.741. The fraction of sp³-hybridized carbons (Fsp3) is 0.588. The standard InChI is InChI=1S/C17H26ClNO3/c1-11-8-14(6-7-15(11)18)22-13(3)16(21)19-10-17(4,5)9-12(2)20/h6-8,12-13,20H,9-10H2,1-5H3,(H,19,21). The molecule has 124 valence electrons. The average Bonchev–Trinajstić information content (AvgIpc) is 2.39. The van der Waals surface area contributed by atoms with E-state index in [9.17, 15) is 9.90 Å². The van der Waals surface area contributed by atoms with E-state index in [0.29, 0.717) is 23.7 Å². The van der Waals surface area contributed by atoms with Gasteiger partial charge in [-0.15, -0.1) is 0 Å². The molecule has 1 rings (SSSR count). The number of aryl methyl sites for hydroxylation is 1. The molecule has 0 spiro atoms. The van der Waals surface area contributed by atoms with Gasteiger partial charge < -0.3 is 15.2 Å². The van der Waals surface area contributed by atoms with Crippen LogP contribution in [-0.4, -0.2) is 29.8 Å². The molecular weight excluding hydrogens is 302 g/mol. The quantitative estimate of drug-likeness (QED) is 0.807. The Kier molecular flexibility index (Phi) is 6.69. The van der Waals surface area contributed by atoms with Crippen molar-refractivity contribution in [3.8, 4) is 5.75 Å². The Morgan fingerprint density at radius 2 is 2.05 bits per heavy atom. The number of hydrogen-bond acceptors (Lipinski definition) is 3. The van der Waals surface area contributed by atoms with E-state index in [0.717, 1.165) is 5.56 Å². The van der Waals surface area contributed by atoms with Crippen molar-refractivity contribution in [2.75, 3.05) is 6.54 Å². The third-order valence-corrected chi connectivity index (χ3v) is 3.82. The Hall–Kier alpha value is -1.26. The monoisotopic (exact) mass is 327 g/mol. The number of halogens is 1. The maximum atomic E-state index is 12.1. The van der Waals surface area contributed by atoms with Gasteiger partial charge in [0.2, 0.25) is 0 Å². The average molecular weight is 328 g/mol. The minimum atomic E-state index is -0.595. The van der Waals surface area contributed by atoms with Crippen molar-refractivity contribution in [3.63, 3.8) is 0 Å². The Labute approximate surface area is 137 Å². The van der Waals surface area contributed by atoms with Crippen LogP contribution in [0.25, 0.3) is 0 Å². The lowest BCUT2D eigenvalue weighted by Crippen LogP contribution is -2.41. The first kappa shape index (κ1) is 18.8. The highest BCUT2D eigenvalue weighted by Gasteiger charge is 2.23. The van der Waals surface area contributed by atoms with Crippen LogP contribution in [-0.2, 0) is 4.79 Å². The lowest BCUT2D eigenvalue weighted by molar-refractivity contribution is -0.127. The second kappa shape index (κ2) is 7.84. The zero-order chi connectivity index (χ0) is 16.9. The molecule has 0 bridgehead atoms. The Morgan fingerprint density at radius 3 is 2.59 bits per heavy atom. The van der Waals surface area contributed by atoms with Crippen molar-refractivity contribution < 1.29 is 14.6 Å². The number of aliphatic hydroxyl groups is 1. The molecular formula is C17H26ClNO3. The molecule has 0 saturated carbocycles. The molecule has 0 fully saturated rings. The largest absolute Gasteiger partial charge is 0.481 e. The first-order valence-corrected chi connectivity index (χ1v) is 7.87. The van der Waals surface area contributed by atoms with Gasteiger partial charge in [-0.25, -0.2) is 0 Å². The van der Waals surface area contributed by atoms with Gasteiger partial charge in [0.25, 0.3) is 5.91 Å². The second-order valence-corrected chi connectivity index (χ2v) is 7.01. The topological polar surface area (TPSA) is 58.6 Å². The Morgan fingerprint density at radius 1 is 1.41 bits per heavy atom. The molecule has 22 heavy (non-hydrogen) atoms. The maximum absolute atomic E-state index is 12.1. The lowest BCUT2D eigenvalue weighted by Gasteiger charge is -2.27. The van der Waals surface area contributed by atoms with E-state index in [1.54, 1.807) is 26.0 Å². The predicted octanol–water partition coefficient (Wildman–Crippen LogP) is 3.33. The van der Waals surface area contributed by atoms with E-state index in [-0.39, 0.29) is 11.3 Å². The first-order chi connectivity index (χ1) is 10.1. The van der Waals surface area contributed by atoms with Gasteiger partial charge in [0.05, 0.1) is 6.10 Å². The van der Waals surface area contributed by atoms with E-state index < -0.39 is 12.2 Å². The van der Waals surface area contributed by atoms with Gasteiger partial charge in [0.1, 0.15) is 5.75 Å². The van der Waals surface area contributed by atoms with Crippen LogP contribution in [0.5, 0.6) is 5.75 Å². The molecule has 0 heterocycles. The summed E-state index contributed by atoms with van der Waals surface area (Å²) in [6.07, 6.45) is -0.362. The van der Waals surface area contributed by atoms with Crippen molar-refractivity contribution >= 4 is 17.5 Å². The summed E-state index contributed by atoms with van der Waals surface area (Å²) < 4.78 is 5.64. The molecule has 1 aromatic rings. The maximum Gasteiger partial charge on any atom is 0.260 e. The minimum Gasteiger partial charge on any atom is -0.481 e.